The Bertz CT molecular complexity index is 1600. The molecule has 2 amide bonds. The Morgan fingerprint density at radius 1 is 0.795 bits per heavy atom. The van der Waals surface area contributed by atoms with Crippen LogP contribution in [0.2, 0.25) is 0 Å². The Kier molecular flexibility index (Phi) is 8.44. The number of carbonyl (C=O) groups is 2. The number of rotatable bonds is 9. The van der Waals surface area contributed by atoms with E-state index in [1.54, 1.807) is 48.3 Å². The summed E-state index contributed by atoms with van der Waals surface area (Å²) in [6.07, 6.45) is 0. The monoisotopic (exact) mass is 595 g/mol. The van der Waals surface area contributed by atoms with Gasteiger partial charge in [-0.3, -0.25) is 9.59 Å². The van der Waals surface area contributed by atoms with Crippen molar-refractivity contribution in [3.8, 4) is 34.3 Å². The van der Waals surface area contributed by atoms with E-state index in [1.165, 1.54) is 0 Å². The number of ether oxygens (including phenoxy) is 4. The van der Waals surface area contributed by atoms with Crippen molar-refractivity contribution in [2.45, 2.75) is 6.54 Å². The number of nitrogens with zero attached hydrogens (tertiary/aromatic N) is 5. The first-order valence-corrected chi connectivity index (χ1v) is 14.3. The van der Waals surface area contributed by atoms with Crippen molar-refractivity contribution >= 4 is 17.6 Å². The molecule has 0 bridgehead atoms. The normalized spacial score (nSPS) is 13.9. The summed E-state index contributed by atoms with van der Waals surface area (Å²) in [6, 6.07) is 24.0. The van der Waals surface area contributed by atoms with E-state index in [1.807, 2.05) is 54.6 Å². The lowest BCUT2D eigenvalue weighted by Crippen LogP contribution is -2.52. The van der Waals surface area contributed by atoms with Crippen LogP contribution in [-0.2, 0) is 11.3 Å². The highest BCUT2D eigenvalue weighted by atomic mass is 16.7. The van der Waals surface area contributed by atoms with Gasteiger partial charge < -0.3 is 33.6 Å². The Hall–Kier alpha value is -5.32. The van der Waals surface area contributed by atoms with Crippen molar-refractivity contribution in [1.29, 1.82) is 0 Å². The lowest BCUT2D eigenvalue weighted by molar-refractivity contribution is -0.132. The van der Waals surface area contributed by atoms with Crippen molar-refractivity contribution in [2.75, 3.05) is 58.6 Å². The van der Waals surface area contributed by atoms with Crippen LogP contribution in [0.3, 0.4) is 0 Å². The minimum atomic E-state index is -0.246. The summed E-state index contributed by atoms with van der Waals surface area (Å²) in [5.74, 6) is 3.12. The van der Waals surface area contributed by atoms with E-state index in [2.05, 4.69) is 15.1 Å². The van der Waals surface area contributed by atoms with Gasteiger partial charge in [0.05, 0.1) is 19.9 Å². The van der Waals surface area contributed by atoms with Crippen LogP contribution < -0.4 is 23.8 Å². The van der Waals surface area contributed by atoms with E-state index in [0.29, 0.717) is 49.0 Å². The summed E-state index contributed by atoms with van der Waals surface area (Å²) in [7, 11) is 3.21. The third-order valence-corrected chi connectivity index (χ3v) is 7.75. The highest BCUT2D eigenvalue weighted by Gasteiger charge is 2.27. The van der Waals surface area contributed by atoms with Crippen LogP contribution in [0, 0.1) is 0 Å². The van der Waals surface area contributed by atoms with E-state index >= 15 is 0 Å². The Labute approximate surface area is 255 Å². The topological polar surface area (TPSA) is 107 Å². The van der Waals surface area contributed by atoms with Crippen LogP contribution in [0.4, 0.5) is 5.82 Å². The molecule has 4 aromatic rings. The average molecular weight is 596 g/mol. The number of piperazine rings is 1. The van der Waals surface area contributed by atoms with Crippen molar-refractivity contribution in [3.63, 3.8) is 0 Å². The predicted octanol–water partition coefficient (Wildman–Crippen LogP) is 3.88. The maximum Gasteiger partial charge on any atom is 0.254 e. The van der Waals surface area contributed by atoms with Crippen LogP contribution >= 0.6 is 0 Å². The van der Waals surface area contributed by atoms with Gasteiger partial charge in [-0.25, -0.2) is 0 Å². The Morgan fingerprint density at radius 2 is 1.48 bits per heavy atom. The second-order valence-corrected chi connectivity index (χ2v) is 10.5. The van der Waals surface area contributed by atoms with Gasteiger partial charge >= 0.3 is 0 Å². The van der Waals surface area contributed by atoms with Crippen LogP contribution in [0.1, 0.15) is 15.9 Å². The molecule has 1 fully saturated rings. The highest BCUT2D eigenvalue weighted by molar-refractivity contribution is 5.96. The lowest BCUT2D eigenvalue weighted by atomic mass is 10.1. The summed E-state index contributed by atoms with van der Waals surface area (Å²) >= 11 is 0. The summed E-state index contributed by atoms with van der Waals surface area (Å²) in [5, 5.41) is 8.85. The second-order valence-electron chi connectivity index (χ2n) is 10.5. The van der Waals surface area contributed by atoms with Gasteiger partial charge in [-0.05, 0) is 78.4 Å². The van der Waals surface area contributed by atoms with Gasteiger partial charge in [-0.2, -0.15) is 0 Å². The van der Waals surface area contributed by atoms with Crippen molar-refractivity contribution < 1.29 is 28.5 Å². The first kappa shape index (κ1) is 28.8. The summed E-state index contributed by atoms with van der Waals surface area (Å²) in [5.41, 5.74) is 3.04. The molecular weight excluding hydrogens is 562 g/mol. The molecule has 6 rings (SSSR count). The number of aromatic nitrogens is 2. The number of hydrogen-bond donors (Lipinski definition) is 0. The molecule has 3 aromatic carbocycles. The van der Waals surface area contributed by atoms with Gasteiger partial charge in [0.2, 0.25) is 12.7 Å². The molecule has 226 valence electrons. The van der Waals surface area contributed by atoms with Crippen molar-refractivity contribution in [1.82, 2.24) is 20.0 Å². The molecule has 1 aromatic heterocycles. The molecule has 1 saturated heterocycles. The number of amides is 2. The third kappa shape index (κ3) is 6.36. The Balaban J connectivity index is 1.10. The van der Waals surface area contributed by atoms with Gasteiger partial charge in [-0.1, -0.05) is 6.07 Å². The maximum atomic E-state index is 13.6. The minimum absolute atomic E-state index is 0.0599. The van der Waals surface area contributed by atoms with Gasteiger partial charge in [0.25, 0.3) is 5.91 Å². The first-order chi connectivity index (χ1) is 21.5. The number of hydrogen-bond acceptors (Lipinski definition) is 9. The van der Waals surface area contributed by atoms with E-state index < -0.39 is 0 Å². The van der Waals surface area contributed by atoms with Crippen LogP contribution in [0.25, 0.3) is 11.3 Å². The molecule has 44 heavy (non-hydrogen) atoms. The molecule has 0 saturated carbocycles. The standard InChI is InChI=1S/C33H33N5O6/c1-41-26-8-4-24(5-9-26)28-12-14-31(35-34-28)36-15-17-37(18-16-36)32(39)21-38(33(40)25-6-10-27(42-2)11-7-25)20-23-3-13-29-30(19-23)44-22-43-29/h3-14,19H,15-18,20-22H2,1-2H3. The zero-order valence-corrected chi connectivity index (χ0v) is 24.6. The van der Waals surface area contributed by atoms with E-state index in [0.717, 1.165) is 28.4 Å². The van der Waals surface area contributed by atoms with Gasteiger partial charge in [0.1, 0.15) is 18.0 Å². The molecule has 0 spiro atoms. The fourth-order valence-corrected chi connectivity index (χ4v) is 5.23. The largest absolute Gasteiger partial charge is 0.497 e. The molecule has 11 heteroatoms. The van der Waals surface area contributed by atoms with Crippen molar-refractivity contribution in [3.05, 3.63) is 90.0 Å². The average Bonchev–Trinajstić information content (AvgIpc) is 3.56. The number of anilines is 1. The third-order valence-electron chi connectivity index (χ3n) is 7.75. The van der Waals surface area contributed by atoms with Crippen molar-refractivity contribution in [2.24, 2.45) is 0 Å². The summed E-state index contributed by atoms with van der Waals surface area (Å²) in [4.78, 5) is 32.6. The number of benzene rings is 3. The van der Waals surface area contributed by atoms with Gasteiger partial charge in [-0.15, -0.1) is 10.2 Å². The zero-order chi connectivity index (χ0) is 30.5. The fraction of sp³-hybridized carbons (Fsp3) is 0.273. The maximum absolute atomic E-state index is 13.6. The molecule has 0 N–H and O–H groups in total. The van der Waals surface area contributed by atoms with E-state index in [4.69, 9.17) is 18.9 Å². The Morgan fingerprint density at radius 3 is 2.14 bits per heavy atom. The molecule has 2 aliphatic rings. The lowest BCUT2D eigenvalue weighted by Gasteiger charge is -2.36. The molecule has 0 unspecified atom stereocenters. The molecule has 0 radical (unpaired) electrons. The minimum Gasteiger partial charge on any atom is -0.497 e. The smallest absolute Gasteiger partial charge is 0.254 e. The fourth-order valence-electron chi connectivity index (χ4n) is 5.23. The van der Waals surface area contributed by atoms with E-state index in [-0.39, 0.29) is 31.7 Å². The highest BCUT2D eigenvalue weighted by Crippen LogP contribution is 2.33. The van der Waals surface area contributed by atoms with Crippen LogP contribution in [0.15, 0.2) is 78.9 Å². The second kappa shape index (κ2) is 12.9. The molecule has 0 atom stereocenters. The molecule has 3 heterocycles. The summed E-state index contributed by atoms with van der Waals surface area (Å²) < 4.78 is 21.4. The zero-order valence-electron chi connectivity index (χ0n) is 24.6. The predicted molar refractivity (Wildman–Crippen MR) is 163 cm³/mol. The number of methoxy groups -OCH3 is 2. The molecule has 11 nitrogen and oxygen atoms in total. The van der Waals surface area contributed by atoms with Gasteiger partial charge in [0, 0.05) is 43.9 Å². The number of carbonyl (C=O) groups excluding carboxylic acids is 2. The van der Waals surface area contributed by atoms with Crippen LogP contribution in [0.5, 0.6) is 23.0 Å². The SMILES string of the molecule is COc1ccc(C(=O)N(CC(=O)N2CCN(c3ccc(-c4ccc(OC)cc4)nn3)CC2)Cc2ccc3c(c2)OCO3)cc1. The van der Waals surface area contributed by atoms with E-state index in [9.17, 15) is 9.59 Å². The number of fused-ring (bicyclic) bond motifs is 1. The molecular formula is C33H33N5O6. The summed E-state index contributed by atoms with van der Waals surface area (Å²) in [6.45, 7) is 2.58. The van der Waals surface area contributed by atoms with Crippen LogP contribution in [-0.4, -0.2) is 85.5 Å². The molecule has 2 aliphatic heterocycles. The van der Waals surface area contributed by atoms with Gasteiger partial charge in [0.15, 0.2) is 17.3 Å². The first-order valence-electron chi connectivity index (χ1n) is 14.3. The molecule has 0 aliphatic carbocycles. The quantitative estimate of drug-likeness (QED) is 0.285.